The lowest BCUT2D eigenvalue weighted by atomic mass is 10.0. The van der Waals surface area contributed by atoms with Crippen molar-refractivity contribution in [2.75, 3.05) is 44.7 Å². The standard InChI is InChI=1S/C20H26N6O3/c1-23-14-15(13-21-23)26-8-4-6-17(20(26)28)24-9-11-25(12-10-24)19(27)16-5-3-7-18(22-16)29-2/h3,5,7,13-14,17H,4,6,8-12H2,1-2H3/t17-/m1/s1. The molecule has 0 aromatic carbocycles. The van der Waals surface area contributed by atoms with E-state index in [1.54, 1.807) is 34.0 Å². The summed E-state index contributed by atoms with van der Waals surface area (Å²) in [7, 11) is 3.38. The lowest BCUT2D eigenvalue weighted by Crippen LogP contribution is -2.58. The summed E-state index contributed by atoms with van der Waals surface area (Å²) in [6.45, 7) is 3.23. The molecular formula is C20H26N6O3. The lowest BCUT2D eigenvalue weighted by molar-refractivity contribution is -0.126. The second-order valence-corrected chi connectivity index (χ2v) is 7.41. The zero-order valence-corrected chi connectivity index (χ0v) is 16.8. The van der Waals surface area contributed by atoms with E-state index in [1.165, 1.54) is 7.11 Å². The number of ether oxygens (including phenoxy) is 1. The Bertz CT molecular complexity index is 890. The third kappa shape index (κ3) is 3.95. The van der Waals surface area contributed by atoms with E-state index in [4.69, 9.17) is 4.74 Å². The van der Waals surface area contributed by atoms with Gasteiger partial charge in [0.15, 0.2) is 0 Å². The van der Waals surface area contributed by atoms with Gasteiger partial charge >= 0.3 is 0 Å². The Kier molecular flexibility index (Phi) is 5.48. The van der Waals surface area contributed by atoms with Crippen LogP contribution in [0.5, 0.6) is 5.88 Å². The molecule has 4 heterocycles. The van der Waals surface area contributed by atoms with Crippen molar-refractivity contribution in [3.05, 3.63) is 36.3 Å². The molecule has 154 valence electrons. The Balaban J connectivity index is 1.38. The van der Waals surface area contributed by atoms with Gasteiger partial charge in [-0.25, -0.2) is 4.98 Å². The fraction of sp³-hybridized carbons (Fsp3) is 0.500. The van der Waals surface area contributed by atoms with Crippen molar-refractivity contribution in [1.82, 2.24) is 24.6 Å². The van der Waals surface area contributed by atoms with E-state index in [0.717, 1.165) is 25.1 Å². The van der Waals surface area contributed by atoms with Gasteiger partial charge in [0.05, 0.1) is 25.0 Å². The number of anilines is 1. The zero-order valence-electron chi connectivity index (χ0n) is 16.8. The van der Waals surface area contributed by atoms with Crippen LogP contribution in [0.4, 0.5) is 5.69 Å². The van der Waals surface area contributed by atoms with Crippen molar-refractivity contribution < 1.29 is 14.3 Å². The molecule has 2 saturated heterocycles. The first-order valence-corrected chi connectivity index (χ1v) is 9.91. The van der Waals surface area contributed by atoms with E-state index in [9.17, 15) is 9.59 Å². The van der Waals surface area contributed by atoms with Crippen molar-refractivity contribution in [3.8, 4) is 5.88 Å². The van der Waals surface area contributed by atoms with Crippen molar-refractivity contribution in [2.24, 2.45) is 7.05 Å². The summed E-state index contributed by atoms with van der Waals surface area (Å²) < 4.78 is 6.82. The van der Waals surface area contributed by atoms with Crippen molar-refractivity contribution in [2.45, 2.75) is 18.9 Å². The number of nitrogens with zero attached hydrogens (tertiary/aromatic N) is 6. The molecule has 0 radical (unpaired) electrons. The number of pyridine rings is 1. The number of aromatic nitrogens is 3. The molecule has 9 nitrogen and oxygen atoms in total. The van der Waals surface area contributed by atoms with Crippen LogP contribution in [0.25, 0.3) is 0 Å². The predicted molar refractivity (Wildman–Crippen MR) is 107 cm³/mol. The minimum atomic E-state index is -0.142. The van der Waals surface area contributed by atoms with E-state index in [2.05, 4.69) is 15.0 Å². The van der Waals surface area contributed by atoms with Gasteiger partial charge in [-0.1, -0.05) is 6.07 Å². The Hall–Kier alpha value is -2.94. The van der Waals surface area contributed by atoms with Crippen LogP contribution in [0, 0.1) is 0 Å². The number of carbonyl (C=O) groups is 2. The molecule has 2 aromatic heterocycles. The average Bonchev–Trinajstić information content (AvgIpc) is 3.19. The first kappa shape index (κ1) is 19.4. The molecule has 0 unspecified atom stereocenters. The van der Waals surface area contributed by atoms with Crippen molar-refractivity contribution >= 4 is 17.5 Å². The van der Waals surface area contributed by atoms with Gasteiger partial charge in [-0.2, -0.15) is 5.10 Å². The maximum atomic E-state index is 13.1. The van der Waals surface area contributed by atoms with Crippen LogP contribution in [-0.2, 0) is 11.8 Å². The van der Waals surface area contributed by atoms with Gasteiger partial charge in [0.1, 0.15) is 5.69 Å². The van der Waals surface area contributed by atoms with Gasteiger partial charge in [-0.05, 0) is 18.9 Å². The number of rotatable bonds is 4. The van der Waals surface area contributed by atoms with Gasteiger partial charge in [0.2, 0.25) is 11.8 Å². The molecule has 0 spiro atoms. The Labute approximate surface area is 169 Å². The molecule has 4 rings (SSSR count). The first-order valence-electron chi connectivity index (χ1n) is 9.91. The summed E-state index contributed by atoms with van der Waals surface area (Å²) in [6.07, 6.45) is 5.41. The topological polar surface area (TPSA) is 83.8 Å². The third-order valence-electron chi connectivity index (χ3n) is 5.61. The number of amides is 2. The predicted octanol–water partition coefficient (Wildman–Crippen LogP) is 0.777. The highest BCUT2D eigenvalue weighted by atomic mass is 16.5. The molecule has 9 heteroatoms. The average molecular weight is 398 g/mol. The molecule has 0 saturated carbocycles. The number of piperidine rings is 1. The zero-order chi connectivity index (χ0) is 20.4. The summed E-state index contributed by atoms with van der Waals surface area (Å²) in [6, 6.07) is 5.05. The highest BCUT2D eigenvalue weighted by Crippen LogP contribution is 2.24. The van der Waals surface area contributed by atoms with E-state index in [0.29, 0.717) is 37.8 Å². The fourth-order valence-corrected chi connectivity index (χ4v) is 4.05. The molecule has 0 bridgehead atoms. The first-order chi connectivity index (χ1) is 14.1. The molecule has 0 N–H and O–H groups in total. The van der Waals surface area contributed by atoms with Crippen LogP contribution in [0.1, 0.15) is 23.3 Å². The number of methoxy groups -OCH3 is 1. The molecule has 2 fully saturated rings. The number of piperazine rings is 1. The van der Waals surface area contributed by atoms with E-state index < -0.39 is 0 Å². The van der Waals surface area contributed by atoms with E-state index in [1.807, 2.05) is 18.1 Å². The second-order valence-electron chi connectivity index (χ2n) is 7.41. The van der Waals surface area contributed by atoms with Gasteiger partial charge in [0, 0.05) is 52.0 Å². The highest BCUT2D eigenvalue weighted by molar-refractivity contribution is 5.97. The molecule has 2 amide bonds. The number of aryl methyl sites for hydroxylation is 1. The van der Waals surface area contributed by atoms with Crippen molar-refractivity contribution in [1.29, 1.82) is 0 Å². The normalized spacial score (nSPS) is 20.8. The molecule has 0 aliphatic carbocycles. The molecule has 1 atom stereocenters. The van der Waals surface area contributed by atoms with Crippen LogP contribution in [0.15, 0.2) is 30.6 Å². The minimum absolute atomic E-state index is 0.101. The van der Waals surface area contributed by atoms with Crippen LogP contribution in [0.3, 0.4) is 0 Å². The minimum Gasteiger partial charge on any atom is -0.481 e. The van der Waals surface area contributed by atoms with Crippen LogP contribution in [-0.4, -0.2) is 82.3 Å². The summed E-state index contributed by atoms with van der Waals surface area (Å²) in [4.78, 5) is 35.9. The summed E-state index contributed by atoms with van der Waals surface area (Å²) in [5.74, 6) is 0.451. The third-order valence-corrected chi connectivity index (χ3v) is 5.61. The largest absolute Gasteiger partial charge is 0.481 e. The van der Waals surface area contributed by atoms with Crippen LogP contribution < -0.4 is 9.64 Å². The van der Waals surface area contributed by atoms with E-state index in [-0.39, 0.29) is 17.9 Å². The maximum Gasteiger partial charge on any atom is 0.272 e. The molecular weight excluding hydrogens is 372 g/mol. The Morgan fingerprint density at radius 2 is 1.97 bits per heavy atom. The quantitative estimate of drug-likeness (QED) is 0.757. The SMILES string of the molecule is COc1cccc(C(=O)N2CCN([C@@H]3CCCN(c4cnn(C)c4)C3=O)CC2)n1. The smallest absolute Gasteiger partial charge is 0.272 e. The molecule has 2 aliphatic heterocycles. The number of carbonyl (C=O) groups excluding carboxylic acids is 2. The van der Waals surface area contributed by atoms with E-state index >= 15 is 0 Å². The highest BCUT2D eigenvalue weighted by Gasteiger charge is 2.36. The Morgan fingerprint density at radius 1 is 1.17 bits per heavy atom. The summed E-state index contributed by atoms with van der Waals surface area (Å²) in [5.41, 5.74) is 1.23. The lowest BCUT2D eigenvalue weighted by Gasteiger charge is -2.42. The second kappa shape index (κ2) is 8.20. The van der Waals surface area contributed by atoms with Gasteiger partial charge in [-0.15, -0.1) is 0 Å². The number of hydrogen-bond acceptors (Lipinski definition) is 6. The molecule has 29 heavy (non-hydrogen) atoms. The van der Waals surface area contributed by atoms with Gasteiger partial charge in [0.25, 0.3) is 5.91 Å². The number of hydrogen-bond donors (Lipinski definition) is 0. The molecule has 2 aliphatic rings. The van der Waals surface area contributed by atoms with Crippen LogP contribution >= 0.6 is 0 Å². The monoisotopic (exact) mass is 398 g/mol. The Morgan fingerprint density at radius 3 is 2.66 bits per heavy atom. The fourth-order valence-electron chi connectivity index (χ4n) is 4.05. The van der Waals surface area contributed by atoms with Gasteiger partial charge < -0.3 is 14.5 Å². The summed E-state index contributed by atoms with van der Waals surface area (Å²) in [5, 5.41) is 4.18. The summed E-state index contributed by atoms with van der Waals surface area (Å²) >= 11 is 0. The van der Waals surface area contributed by atoms with Gasteiger partial charge in [-0.3, -0.25) is 19.2 Å². The maximum absolute atomic E-state index is 13.1. The molecule has 2 aromatic rings. The van der Waals surface area contributed by atoms with Crippen LogP contribution in [0.2, 0.25) is 0 Å². The van der Waals surface area contributed by atoms with Crippen molar-refractivity contribution in [3.63, 3.8) is 0 Å².